The molecule has 112 valence electrons. The van der Waals surface area contributed by atoms with E-state index in [0.29, 0.717) is 6.42 Å². The minimum atomic E-state index is -4.50. The van der Waals surface area contributed by atoms with Gasteiger partial charge in [-0.3, -0.25) is 0 Å². The van der Waals surface area contributed by atoms with E-state index in [1.54, 1.807) is 0 Å². The Labute approximate surface area is 121 Å². The molecule has 0 spiro atoms. The molecule has 3 atom stereocenters. The van der Waals surface area contributed by atoms with Crippen LogP contribution in [0.15, 0.2) is 30.3 Å². The van der Waals surface area contributed by atoms with E-state index in [1.165, 1.54) is 0 Å². The van der Waals surface area contributed by atoms with Gasteiger partial charge in [0.2, 0.25) is 0 Å². The van der Waals surface area contributed by atoms with Crippen LogP contribution in [0, 0.1) is 11.8 Å². The van der Waals surface area contributed by atoms with Crippen LogP contribution in [0.1, 0.15) is 45.6 Å². The maximum Gasteiger partial charge on any atom is 0.305 e. The van der Waals surface area contributed by atoms with Crippen LogP contribution in [0.3, 0.4) is 0 Å². The van der Waals surface area contributed by atoms with Gasteiger partial charge < -0.3 is 0 Å². The van der Waals surface area contributed by atoms with Gasteiger partial charge in [-0.2, -0.15) is 8.42 Å². The van der Waals surface area contributed by atoms with Crippen molar-refractivity contribution >= 4 is 10.2 Å². The fraction of sp³-hybridized carbons (Fsp3) is 0.625. The number of hydrogen-bond acceptors (Lipinski definition) is 2. The second-order valence-corrected chi connectivity index (χ2v) is 8.15. The smallest absolute Gasteiger partial charge is 0.195 e. The molecular formula is C16H23FO2S. The molecule has 1 saturated carbocycles. The van der Waals surface area contributed by atoms with Gasteiger partial charge in [-0.1, -0.05) is 51.1 Å². The van der Waals surface area contributed by atoms with Gasteiger partial charge in [-0.25, -0.2) is 0 Å². The largest absolute Gasteiger partial charge is 0.305 e. The number of hydrogen-bond donors (Lipinski definition) is 0. The average molecular weight is 298 g/mol. The summed E-state index contributed by atoms with van der Waals surface area (Å²) in [6.45, 7) is 6.01. The van der Waals surface area contributed by atoms with Crippen molar-refractivity contribution in [1.82, 2.24) is 0 Å². The SMILES string of the molecule is CC(C)C1CCC(C)(c2ccccc2)CC1S(=O)(=O)F. The van der Waals surface area contributed by atoms with Crippen molar-refractivity contribution in [1.29, 1.82) is 0 Å². The Hall–Kier alpha value is -0.900. The van der Waals surface area contributed by atoms with E-state index in [2.05, 4.69) is 6.92 Å². The van der Waals surface area contributed by atoms with E-state index in [4.69, 9.17) is 0 Å². The lowest BCUT2D eigenvalue weighted by atomic mass is 9.65. The van der Waals surface area contributed by atoms with Gasteiger partial charge in [-0.05, 0) is 42.1 Å². The lowest BCUT2D eigenvalue weighted by Gasteiger charge is -2.42. The number of rotatable bonds is 3. The quantitative estimate of drug-likeness (QED) is 0.788. The number of halogens is 1. The van der Waals surface area contributed by atoms with Crippen molar-refractivity contribution in [3.05, 3.63) is 35.9 Å². The summed E-state index contributed by atoms with van der Waals surface area (Å²) >= 11 is 0. The van der Waals surface area contributed by atoms with E-state index in [-0.39, 0.29) is 17.3 Å². The highest BCUT2D eigenvalue weighted by molar-refractivity contribution is 7.87. The third-order valence-corrected chi connectivity index (χ3v) is 6.09. The van der Waals surface area contributed by atoms with E-state index in [9.17, 15) is 12.3 Å². The first-order valence-corrected chi connectivity index (χ1v) is 8.68. The predicted octanol–water partition coefficient (Wildman–Crippen LogP) is 4.07. The molecule has 0 radical (unpaired) electrons. The van der Waals surface area contributed by atoms with Gasteiger partial charge in [0.05, 0.1) is 5.25 Å². The summed E-state index contributed by atoms with van der Waals surface area (Å²) in [5.74, 6) is 0.104. The molecule has 0 N–H and O–H groups in total. The molecule has 1 aliphatic rings. The lowest BCUT2D eigenvalue weighted by molar-refractivity contribution is 0.204. The fourth-order valence-electron chi connectivity index (χ4n) is 3.54. The molecule has 1 fully saturated rings. The molecule has 2 nitrogen and oxygen atoms in total. The first kappa shape index (κ1) is 15.5. The zero-order valence-corrected chi connectivity index (χ0v) is 13.2. The number of benzene rings is 1. The molecule has 20 heavy (non-hydrogen) atoms. The van der Waals surface area contributed by atoms with Crippen LogP contribution < -0.4 is 0 Å². The van der Waals surface area contributed by atoms with E-state index >= 15 is 0 Å². The molecule has 0 amide bonds. The maximum absolute atomic E-state index is 13.7. The molecule has 0 aliphatic heterocycles. The van der Waals surface area contributed by atoms with Crippen molar-refractivity contribution in [2.24, 2.45) is 11.8 Å². The van der Waals surface area contributed by atoms with Crippen LogP contribution in [0.5, 0.6) is 0 Å². The second kappa shape index (κ2) is 5.47. The molecule has 4 heteroatoms. The minimum absolute atomic E-state index is 0.0817. The minimum Gasteiger partial charge on any atom is -0.195 e. The van der Waals surface area contributed by atoms with E-state index in [0.717, 1.165) is 18.4 Å². The van der Waals surface area contributed by atoms with Crippen LogP contribution in [0.25, 0.3) is 0 Å². The molecule has 0 saturated heterocycles. The fourth-order valence-corrected chi connectivity index (χ4v) is 4.98. The van der Waals surface area contributed by atoms with Gasteiger partial charge in [-0.15, -0.1) is 3.89 Å². The zero-order valence-electron chi connectivity index (χ0n) is 12.3. The van der Waals surface area contributed by atoms with Crippen molar-refractivity contribution in [2.75, 3.05) is 0 Å². The van der Waals surface area contributed by atoms with Crippen molar-refractivity contribution in [3.8, 4) is 0 Å². The van der Waals surface area contributed by atoms with Crippen LogP contribution >= 0.6 is 0 Å². The Bertz CT molecular complexity index is 553. The van der Waals surface area contributed by atoms with Gasteiger partial charge in [0.15, 0.2) is 0 Å². The zero-order chi connectivity index (χ0) is 15.0. The van der Waals surface area contributed by atoms with Gasteiger partial charge in [0.25, 0.3) is 0 Å². The monoisotopic (exact) mass is 298 g/mol. The third-order valence-electron chi connectivity index (χ3n) is 4.85. The van der Waals surface area contributed by atoms with Crippen molar-refractivity contribution in [2.45, 2.75) is 50.7 Å². The normalized spacial score (nSPS) is 31.4. The highest BCUT2D eigenvalue weighted by Gasteiger charge is 2.45. The highest BCUT2D eigenvalue weighted by atomic mass is 32.3. The van der Waals surface area contributed by atoms with Crippen LogP contribution in [-0.4, -0.2) is 13.7 Å². The lowest BCUT2D eigenvalue weighted by Crippen LogP contribution is -2.43. The van der Waals surface area contributed by atoms with Gasteiger partial charge >= 0.3 is 10.2 Å². The van der Waals surface area contributed by atoms with Gasteiger partial charge in [0, 0.05) is 0 Å². The Morgan fingerprint density at radius 3 is 2.35 bits per heavy atom. The molecule has 0 aromatic heterocycles. The summed E-state index contributed by atoms with van der Waals surface area (Å²) in [5, 5.41) is -0.874. The summed E-state index contributed by atoms with van der Waals surface area (Å²) in [7, 11) is -4.50. The standard InChI is InChI=1S/C16H23FO2S/c1-12(2)14-9-10-16(3,11-15(14)20(17,18)19)13-7-5-4-6-8-13/h4-8,12,14-15H,9-11H2,1-3H3. The Balaban J connectivity index is 2.34. The Morgan fingerprint density at radius 1 is 1.25 bits per heavy atom. The summed E-state index contributed by atoms with van der Waals surface area (Å²) in [6, 6.07) is 9.87. The summed E-state index contributed by atoms with van der Waals surface area (Å²) in [6.07, 6.45) is 2.04. The summed E-state index contributed by atoms with van der Waals surface area (Å²) in [5.41, 5.74) is 0.854. The van der Waals surface area contributed by atoms with Crippen molar-refractivity contribution in [3.63, 3.8) is 0 Å². The molecule has 0 bridgehead atoms. The van der Waals surface area contributed by atoms with Crippen LogP contribution in [-0.2, 0) is 15.6 Å². The molecule has 0 heterocycles. The third kappa shape index (κ3) is 3.05. The summed E-state index contributed by atoms with van der Waals surface area (Å²) < 4.78 is 36.8. The van der Waals surface area contributed by atoms with Gasteiger partial charge in [0.1, 0.15) is 0 Å². The van der Waals surface area contributed by atoms with Crippen LogP contribution in [0.4, 0.5) is 3.89 Å². The Morgan fingerprint density at radius 2 is 1.85 bits per heavy atom. The average Bonchev–Trinajstić information content (AvgIpc) is 2.38. The highest BCUT2D eigenvalue weighted by Crippen LogP contribution is 2.46. The molecule has 2 rings (SSSR count). The molecule has 3 unspecified atom stereocenters. The second-order valence-electron chi connectivity index (χ2n) is 6.59. The van der Waals surface area contributed by atoms with E-state index in [1.807, 2.05) is 44.2 Å². The maximum atomic E-state index is 13.7. The predicted molar refractivity (Wildman–Crippen MR) is 79.8 cm³/mol. The molecular weight excluding hydrogens is 275 g/mol. The van der Waals surface area contributed by atoms with Crippen molar-refractivity contribution < 1.29 is 12.3 Å². The Kier molecular flexibility index (Phi) is 4.24. The first-order chi connectivity index (χ1) is 9.24. The van der Waals surface area contributed by atoms with Crippen LogP contribution in [0.2, 0.25) is 0 Å². The summed E-state index contributed by atoms with van der Waals surface area (Å²) in [4.78, 5) is 0. The molecule has 1 aromatic rings. The van der Waals surface area contributed by atoms with E-state index < -0.39 is 15.5 Å². The first-order valence-electron chi connectivity index (χ1n) is 7.23. The molecule has 1 aromatic carbocycles. The molecule has 1 aliphatic carbocycles. The topological polar surface area (TPSA) is 34.1 Å².